The molecule has 122 valence electrons. The van der Waals surface area contributed by atoms with Crippen molar-refractivity contribution in [1.82, 2.24) is 9.80 Å². The van der Waals surface area contributed by atoms with E-state index in [9.17, 15) is 4.79 Å². The minimum Gasteiger partial charge on any atom is -0.444 e. The molecular weight excluding hydrogens is 266 g/mol. The Hall–Kier alpha value is -0.810. The number of ether oxygens (including phenoxy) is 1. The highest BCUT2D eigenvalue weighted by molar-refractivity contribution is 5.68. The first-order valence-corrected chi connectivity index (χ1v) is 8.29. The number of carbonyl (C=O) groups excluding carboxylic acids is 1. The smallest absolute Gasteiger partial charge is 0.410 e. The van der Waals surface area contributed by atoms with Crippen molar-refractivity contribution in [2.24, 2.45) is 11.7 Å². The molecule has 0 aromatic heterocycles. The van der Waals surface area contributed by atoms with E-state index in [-0.39, 0.29) is 6.09 Å². The molecule has 0 spiro atoms. The average molecular weight is 297 g/mol. The van der Waals surface area contributed by atoms with Crippen LogP contribution in [0.15, 0.2) is 0 Å². The molecule has 0 aromatic carbocycles. The molecule has 2 N–H and O–H groups in total. The van der Waals surface area contributed by atoms with Gasteiger partial charge in [-0.25, -0.2) is 4.79 Å². The van der Waals surface area contributed by atoms with Gasteiger partial charge in [0.15, 0.2) is 0 Å². The summed E-state index contributed by atoms with van der Waals surface area (Å²) in [6.45, 7) is 10.7. The van der Waals surface area contributed by atoms with E-state index in [4.69, 9.17) is 10.5 Å². The first kappa shape index (κ1) is 16.6. The summed E-state index contributed by atoms with van der Waals surface area (Å²) in [5.74, 6) is 0.570. The Morgan fingerprint density at radius 2 is 1.86 bits per heavy atom. The quantitative estimate of drug-likeness (QED) is 0.847. The molecule has 5 nitrogen and oxygen atoms in total. The van der Waals surface area contributed by atoms with Crippen molar-refractivity contribution in [3.63, 3.8) is 0 Å². The first-order valence-electron chi connectivity index (χ1n) is 8.29. The van der Waals surface area contributed by atoms with Crippen LogP contribution in [-0.2, 0) is 4.74 Å². The molecule has 0 aliphatic carbocycles. The number of rotatable bonds is 2. The average Bonchev–Trinajstić information content (AvgIpc) is 2.40. The molecule has 0 radical (unpaired) electrons. The summed E-state index contributed by atoms with van der Waals surface area (Å²) in [5, 5.41) is 0. The number of nitrogens with two attached hydrogens (primary N) is 1. The van der Waals surface area contributed by atoms with Gasteiger partial charge in [-0.15, -0.1) is 0 Å². The molecule has 2 heterocycles. The summed E-state index contributed by atoms with van der Waals surface area (Å²) in [4.78, 5) is 16.6. The van der Waals surface area contributed by atoms with Gasteiger partial charge in [0.25, 0.3) is 0 Å². The van der Waals surface area contributed by atoms with Crippen molar-refractivity contribution in [3.05, 3.63) is 0 Å². The lowest BCUT2D eigenvalue weighted by atomic mass is 9.96. The Labute approximate surface area is 128 Å². The molecule has 2 aliphatic rings. The fourth-order valence-corrected chi connectivity index (χ4v) is 3.21. The maximum Gasteiger partial charge on any atom is 0.410 e. The van der Waals surface area contributed by atoms with Crippen LogP contribution in [0.5, 0.6) is 0 Å². The van der Waals surface area contributed by atoms with E-state index in [0.29, 0.717) is 12.0 Å². The van der Waals surface area contributed by atoms with Crippen molar-refractivity contribution < 1.29 is 9.53 Å². The molecule has 5 heteroatoms. The van der Waals surface area contributed by atoms with Crippen LogP contribution in [0.4, 0.5) is 4.79 Å². The van der Waals surface area contributed by atoms with E-state index in [2.05, 4.69) is 4.90 Å². The fourth-order valence-electron chi connectivity index (χ4n) is 3.21. The monoisotopic (exact) mass is 297 g/mol. The van der Waals surface area contributed by atoms with E-state index in [1.165, 1.54) is 6.42 Å². The number of carbonyl (C=O) groups is 1. The van der Waals surface area contributed by atoms with Crippen molar-refractivity contribution in [3.8, 4) is 0 Å². The van der Waals surface area contributed by atoms with Gasteiger partial charge in [-0.05, 0) is 65.5 Å². The minimum atomic E-state index is -0.410. The molecule has 2 aliphatic heterocycles. The lowest BCUT2D eigenvalue weighted by Crippen LogP contribution is -2.47. The van der Waals surface area contributed by atoms with Crippen LogP contribution in [-0.4, -0.2) is 60.3 Å². The maximum absolute atomic E-state index is 12.2. The second-order valence-electron chi connectivity index (χ2n) is 7.57. The summed E-state index contributed by atoms with van der Waals surface area (Å²) in [7, 11) is 0. The van der Waals surface area contributed by atoms with Crippen molar-refractivity contribution in [2.75, 3.05) is 32.7 Å². The minimum absolute atomic E-state index is 0.159. The van der Waals surface area contributed by atoms with E-state index >= 15 is 0 Å². The molecule has 21 heavy (non-hydrogen) atoms. The third-order valence-corrected chi connectivity index (χ3v) is 4.32. The summed E-state index contributed by atoms with van der Waals surface area (Å²) >= 11 is 0. The molecule has 0 bridgehead atoms. The van der Waals surface area contributed by atoms with Gasteiger partial charge in [0.05, 0.1) is 0 Å². The number of likely N-dealkylation sites (tertiary alicyclic amines) is 2. The van der Waals surface area contributed by atoms with Crippen LogP contribution in [0.2, 0.25) is 0 Å². The maximum atomic E-state index is 12.2. The van der Waals surface area contributed by atoms with Gasteiger partial charge in [0, 0.05) is 25.7 Å². The topological polar surface area (TPSA) is 58.8 Å². The van der Waals surface area contributed by atoms with E-state index in [1.54, 1.807) is 0 Å². The second-order valence-corrected chi connectivity index (χ2v) is 7.57. The number of hydrogen-bond donors (Lipinski definition) is 1. The lowest BCUT2D eigenvalue weighted by Gasteiger charge is -2.38. The van der Waals surface area contributed by atoms with Gasteiger partial charge in [0.1, 0.15) is 5.60 Å². The van der Waals surface area contributed by atoms with E-state index in [0.717, 1.165) is 52.0 Å². The Morgan fingerprint density at radius 3 is 2.48 bits per heavy atom. The van der Waals surface area contributed by atoms with Gasteiger partial charge in [-0.3, -0.25) is 0 Å². The Morgan fingerprint density at radius 1 is 1.19 bits per heavy atom. The summed E-state index contributed by atoms with van der Waals surface area (Å²) in [6.07, 6.45) is 4.33. The summed E-state index contributed by atoms with van der Waals surface area (Å²) in [6, 6.07) is 0.380. The van der Waals surface area contributed by atoms with Gasteiger partial charge in [-0.2, -0.15) is 0 Å². The lowest BCUT2D eigenvalue weighted by molar-refractivity contribution is 0.0139. The molecular formula is C16H31N3O2. The first-order chi connectivity index (χ1) is 9.83. The van der Waals surface area contributed by atoms with Crippen LogP contribution >= 0.6 is 0 Å². The van der Waals surface area contributed by atoms with E-state index < -0.39 is 5.60 Å². The highest BCUT2D eigenvalue weighted by Gasteiger charge is 2.29. The molecule has 0 saturated carbocycles. The Balaban J connectivity index is 1.79. The SMILES string of the molecule is CC(C)(C)OC(=O)N1CCCC(CN2CCC(N)CC2)C1. The molecule has 1 atom stereocenters. The number of hydrogen-bond acceptors (Lipinski definition) is 4. The second kappa shape index (κ2) is 6.97. The molecule has 2 fully saturated rings. The zero-order valence-electron chi connectivity index (χ0n) is 13.8. The Bertz CT molecular complexity index is 346. The van der Waals surface area contributed by atoms with Crippen LogP contribution < -0.4 is 5.73 Å². The number of piperidine rings is 2. The number of nitrogens with zero attached hydrogens (tertiary/aromatic N) is 2. The predicted octanol–water partition coefficient (Wildman–Crippen LogP) is 2.06. The van der Waals surface area contributed by atoms with Crippen molar-refractivity contribution in [2.45, 2.75) is 58.1 Å². The highest BCUT2D eigenvalue weighted by atomic mass is 16.6. The van der Waals surface area contributed by atoms with Crippen LogP contribution in [0.1, 0.15) is 46.5 Å². The van der Waals surface area contributed by atoms with Crippen LogP contribution in [0.3, 0.4) is 0 Å². The van der Waals surface area contributed by atoms with Gasteiger partial charge >= 0.3 is 6.09 Å². The largest absolute Gasteiger partial charge is 0.444 e. The third-order valence-electron chi connectivity index (χ3n) is 4.32. The van der Waals surface area contributed by atoms with Gasteiger partial charge in [-0.1, -0.05) is 0 Å². The third kappa shape index (κ3) is 5.47. The fraction of sp³-hybridized carbons (Fsp3) is 0.938. The van der Waals surface area contributed by atoms with Crippen LogP contribution in [0.25, 0.3) is 0 Å². The zero-order chi connectivity index (χ0) is 15.5. The molecule has 1 amide bonds. The summed E-state index contributed by atoms with van der Waals surface area (Å²) in [5.41, 5.74) is 5.54. The van der Waals surface area contributed by atoms with Crippen LogP contribution in [0, 0.1) is 5.92 Å². The molecule has 2 saturated heterocycles. The van der Waals surface area contributed by atoms with Crippen molar-refractivity contribution >= 4 is 6.09 Å². The zero-order valence-corrected chi connectivity index (χ0v) is 13.8. The van der Waals surface area contributed by atoms with Crippen molar-refractivity contribution in [1.29, 1.82) is 0 Å². The van der Waals surface area contributed by atoms with E-state index in [1.807, 2.05) is 25.7 Å². The standard InChI is InChI=1S/C16H31N3O2/c1-16(2,3)21-15(20)19-8-4-5-13(12-19)11-18-9-6-14(17)7-10-18/h13-14H,4-12,17H2,1-3H3. The number of amides is 1. The van der Waals surface area contributed by atoms with Gasteiger partial charge in [0.2, 0.25) is 0 Å². The normalized spacial score (nSPS) is 25.9. The predicted molar refractivity (Wildman–Crippen MR) is 84.2 cm³/mol. The molecule has 2 rings (SSSR count). The molecule has 1 unspecified atom stereocenters. The molecule has 0 aromatic rings. The highest BCUT2D eigenvalue weighted by Crippen LogP contribution is 2.21. The van der Waals surface area contributed by atoms with Gasteiger partial charge < -0.3 is 20.3 Å². The Kier molecular flexibility index (Phi) is 5.49. The summed E-state index contributed by atoms with van der Waals surface area (Å²) < 4.78 is 5.49.